The van der Waals surface area contributed by atoms with Crippen LogP contribution in [0.1, 0.15) is 0 Å². The lowest BCUT2D eigenvalue weighted by atomic mass is 10.4. The van der Waals surface area contributed by atoms with E-state index in [4.69, 9.17) is 0 Å². The number of hydrogen-bond acceptors (Lipinski definition) is 4. The number of benzene rings is 1. The highest BCUT2D eigenvalue weighted by Gasteiger charge is 2.15. The molecular formula is C10H6BrNO2S2. The summed E-state index contributed by atoms with van der Waals surface area (Å²) in [5.41, 5.74) is 0.179. The molecule has 2 aromatic rings. The molecule has 0 unspecified atom stereocenters. The number of rotatable bonds is 3. The molecule has 0 amide bonds. The third-order valence-corrected chi connectivity index (χ3v) is 4.50. The van der Waals surface area contributed by atoms with Gasteiger partial charge in [-0.1, -0.05) is 27.7 Å². The zero-order valence-electron chi connectivity index (χ0n) is 7.92. The van der Waals surface area contributed by atoms with Crippen LogP contribution in [0.2, 0.25) is 0 Å². The molecule has 6 heteroatoms. The summed E-state index contributed by atoms with van der Waals surface area (Å²) in [6.07, 6.45) is 0. The van der Waals surface area contributed by atoms with Crippen LogP contribution in [0.4, 0.5) is 5.69 Å². The van der Waals surface area contributed by atoms with E-state index in [1.165, 1.54) is 29.2 Å². The molecule has 0 spiro atoms. The Balaban J connectivity index is 2.23. The van der Waals surface area contributed by atoms with E-state index in [0.717, 1.165) is 9.37 Å². The summed E-state index contributed by atoms with van der Waals surface area (Å²) in [7, 11) is 0. The van der Waals surface area contributed by atoms with Gasteiger partial charge in [0.15, 0.2) is 0 Å². The van der Waals surface area contributed by atoms with Crippen LogP contribution in [0.3, 0.4) is 0 Å². The third-order valence-electron chi connectivity index (χ3n) is 1.83. The van der Waals surface area contributed by atoms with E-state index in [9.17, 15) is 10.1 Å². The SMILES string of the molecule is O=[N+]([O-])c1ccsc1Sc1ccc(Br)cc1. The van der Waals surface area contributed by atoms with E-state index >= 15 is 0 Å². The van der Waals surface area contributed by atoms with Gasteiger partial charge in [-0.15, -0.1) is 11.3 Å². The van der Waals surface area contributed by atoms with E-state index in [2.05, 4.69) is 15.9 Å². The Morgan fingerprint density at radius 3 is 2.56 bits per heavy atom. The van der Waals surface area contributed by atoms with Crippen molar-refractivity contribution < 1.29 is 4.92 Å². The average molecular weight is 316 g/mol. The van der Waals surface area contributed by atoms with Crippen molar-refractivity contribution in [3.63, 3.8) is 0 Å². The number of nitro groups is 1. The van der Waals surface area contributed by atoms with Gasteiger partial charge in [0.25, 0.3) is 5.69 Å². The average Bonchev–Trinajstić information content (AvgIpc) is 2.69. The Morgan fingerprint density at radius 1 is 1.25 bits per heavy atom. The van der Waals surface area contributed by atoms with Crippen molar-refractivity contribution in [1.29, 1.82) is 0 Å². The second kappa shape index (κ2) is 4.99. The summed E-state index contributed by atoms with van der Waals surface area (Å²) in [6.45, 7) is 0. The maximum absolute atomic E-state index is 10.7. The maximum Gasteiger partial charge on any atom is 0.294 e. The minimum absolute atomic E-state index is 0.179. The Kier molecular flexibility index (Phi) is 3.63. The molecule has 0 bridgehead atoms. The molecular weight excluding hydrogens is 310 g/mol. The monoisotopic (exact) mass is 315 g/mol. The van der Waals surface area contributed by atoms with Crippen molar-refractivity contribution in [3.05, 3.63) is 50.3 Å². The predicted molar refractivity (Wildman–Crippen MR) is 69.2 cm³/mol. The quantitative estimate of drug-likeness (QED) is 0.615. The highest BCUT2D eigenvalue weighted by Crippen LogP contribution is 2.39. The molecule has 0 aliphatic rings. The highest BCUT2D eigenvalue weighted by atomic mass is 79.9. The van der Waals surface area contributed by atoms with E-state index < -0.39 is 0 Å². The largest absolute Gasteiger partial charge is 0.294 e. The Labute approximate surface area is 109 Å². The minimum Gasteiger partial charge on any atom is -0.258 e. The van der Waals surface area contributed by atoms with Gasteiger partial charge in [0, 0.05) is 15.4 Å². The van der Waals surface area contributed by atoms with Gasteiger partial charge in [-0.3, -0.25) is 10.1 Å². The smallest absolute Gasteiger partial charge is 0.258 e. The van der Waals surface area contributed by atoms with Gasteiger partial charge in [-0.25, -0.2) is 0 Å². The Bertz CT molecular complexity index is 510. The standard InChI is InChI=1S/C10H6BrNO2S2/c11-7-1-3-8(4-2-7)16-10-9(12(13)14)5-6-15-10/h1-6H. The van der Waals surface area contributed by atoms with E-state index in [-0.39, 0.29) is 10.6 Å². The fourth-order valence-corrected chi connectivity index (χ4v) is 3.34. The summed E-state index contributed by atoms with van der Waals surface area (Å²) < 4.78 is 1.71. The topological polar surface area (TPSA) is 43.1 Å². The van der Waals surface area contributed by atoms with Crippen LogP contribution in [0.25, 0.3) is 0 Å². The second-order valence-corrected chi connectivity index (χ2v) is 6.08. The third kappa shape index (κ3) is 2.63. The van der Waals surface area contributed by atoms with Crippen molar-refractivity contribution in [2.24, 2.45) is 0 Å². The van der Waals surface area contributed by atoms with Gasteiger partial charge in [0.2, 0.25) is 0 Å². The first kappa shape index (κ1) is 11.6. The van der Waals surface area contributed by atoms with Crippen molar-refractivity contribution >= 4 is 44.7 Å². The first-order chi connectivity index (χ1) is 7.66. The minimum atomic E-state index is -0.350. The molecule has 0 aliphatic heterocycles. The molecule has 0 fully saturated rings. The Hall–Kier alpha value is -0.850. The van der Waals surface area contributed by atoms with Crippen LogP contribution in [-0.4, -0.2) is 4.92 Å². The molecule has 2 rings (SSSR count). The zero-order chi connectivity index (χ0) is 11.5. The van der Waals surface area contributed by atoms with Gasteiger partial charge in [-0.2, -0.15) is 0 Å². The second-order valence-electron chi connectivity index (χ2n) is 2.91. The molecule has 3 nitrogen and oxygen atoms in total. The normalized spacial score (nSPS) is 10.3. The van der Waals surface area contributed by atoms with Gasteiger partial charge in [0.1, 0.15) is 4.21 Å². The van der Waals surface area contributed by atoms with E-state index in [1.807, 2.05) is 24.3 Å². The van der Waals surface area contributed by atoms with Crippen LogP contribution in [-0.2, 0) is 0 Å². The van der Waals surface area contributed by atoms with E-state index in [1.54, 1.807) is 5.38 Å². The molecule has 16 heavy (non-hydrogen) atoms. The van der Waals surface area contributed by atoms with Crippen molar-refractivity contribution in [2.75, 3.05) is 0 Å². The molecule has 0 aliphatic carbocycles. The van der Waals surface area contributed by atoms with Crippen molar-refractivity contribution in [1.82, 2.24) is 0 Å². The molecule has 0 saturated carbocycles. The maximum atomic E-state index is 10.7. The van der Waals surface area contributed by atoms with Gasteiger partial charge in [0.05, 0.1) is 4.92 Å². The highest BCUT2D eigenvalue weighted by molar-refractivity contribution is 9.10. The van der Waals surface area contributed by atoms with Crippen molar-refractivity contribution in [3.8, 4) is 0 Å². The molecule has 82 valence electrons. The molecule has 0 atom stereocenters. The fourth-order valence-electron chi connectivity index (χ4n) is 1.11. The van der Waals surface area contributed by atoms with Crippen LogP contribution >= 0.6 is 39.0 Å². The Morgan fingerprint density at radius 2 is 1.94 bits per heavy atom. The summed E-state index contributed by atoms with van der Waals surface area (Å²) in [5.74, 6) is 0. The molecule has 1 aromatic heterocycles. The first-order valence-corrected chi connectivity index (χ1v) is 6.81. The zero-order valence-corrected chi connectivity index (χ0v) is 11.1. The van der Waals surface area contributed by atoms with E-state index in [0.29, 0.717) is 4.21 Å². The number of thiophene rings is 1. The van der Waals surface area contributed by atoms with Gasteiger partial charge in [-0.05, 0) is 29.6 Å². The van der Waals surface area contributed by atoms with Crippen LogP contribution in [0.15, 0.2) is 49.3 Å². The number of halogens is 1. The van der Waals surface area contributed by atoms with Gasteiger partial charge >= 0.3 is 0 Å². The molecule has 0 saturated heterocycles. The van der Waals surface area contributed by atoms with Crippen LogP contribution < -0.4 is 0 Å². The summed E-state index contributed by atoms with van der Waals surface area (Å²) in [5, 5.41) is 12.5. The van der Waals surface area contributed by atoms with Crippen molar-refractivity contribution in [2.45, 2.75) is 9.10 Å². The molecule has 1 aromatic carbocycles. The van der Waals surface area contributed by atoms with Gasteiger partial charge < -0.3 is 0 Å². The van der Waals surface area contributed by atoms with Crippen LogP contribution in [0.5, 0.6) is 0 Å². The predicted octanol–water partition coefficient (Wildman–Crippen LogP) is 4.57. The first-order valence-electron chi connectivity index (χ1n) is 4.32. The lowest BCUT2D eigenvalue weighted by molar-refractivity contribution is -0.387. The lowest BCUT2D eigenvalue weighted by Crippen LogP contribution is -1.85. The summed E-state index contributed by atoms with van der Waals surface area (Å²) >= 11 is 6.15. The molecule has 1 heterocycles. The van der Waals surface area contributed by atoms with Crippen LogP contribution in [0, 0.1) is 10.1 Å². The number of nitrogens with zero attached hydrogens (tertiary/aromatic N) is 1. The molecule has 0 radical (unpaired) electrons. The summed E-state index contributed by atoms with van der Waals surface area (Å²) in [4.78, 5) is 11.4. The fraction of sp³-hybridized carbons (Fsp3) is 0. The lowest BCUT2D eigenvalue weighted by Gasteiger charge is -1.98. The summed E-state index contributed by atoms with van der Waals surface area (Å²) in [6, 6.07) is 9.23. The number of hydrogen-bond donors (Lipinski definition) is 0. The molecule has 0 N–H and O–H groups in total.